The maximum absolute atomic E-state index is 5.52. The van der Waals surface area contributed by atoms with Gasteiger partial charge in [-0.05, 0) is 112 Å². The first-order chi connectivity index (χ1) is 21.2. The predicted octanol–water partition coefficient (Wildman–Crippen LogP) is 6.14. The number of aryl methyl sites for hydroxylation is 4. The second-order valence-electron chi connectivity index (χ2n) is 15.8. The summed E-state index contributed by atoms with van der Waals surface area (Å²) >= 11 is 0. The number of hydrogen-bond donors (Lipinski definition) is 0. The molecular weight excluding hydrogens is 579 g/mol. The van der Waals surface area contributed by atoms with Gasteiger partial charge in [-0.1, -0.05) is 69.6 Å². The van der Waals surface area contributed by atoms with E-state index in [1.165, 1.54) is 93.5 Å². The van der Waals surface area contributed by atoms with Crippen LogP contribution in [0, 0.1) is 27.7 Å². The zero-order chi connectivity index (χ0) is 31.5. The van der Waals surface area contributed by atoms with Gasteiger partial charge in [0.15, 0.2) is 0 Å². The van der Waals surface area contributed by atoms with Crippen LogP contribution in [0.4, 0.5) is 0 Å². The molecule has 2 aromatic heterocycles. The van der Waals surface area contributed by atoms with Crippen LogP contribution in [0.2, 0.25) is 39.3 Å². The number of nitrogens with zero attached hydrogens (tertiary/aromatic N) is 4. The van der Waals surface area contributed by atoms with E-state index < -0.39 is 16.1 Å². The van der Waals surface area contributed by atoms with Gasteiger partial charge in [0.1, 0.15) is 16.1 Å². The molecule has 9 rings (SSSR count). The van der Waals surface area contributed by atoms with Gasteiger partial charge in [-0.3, -0.25) is 0 Å². The summed E-state index contributed by atoms with van der Waals surface area (Å²) in [6.45, 7) is 23.7. The van der Waals surface area contributed by atoms with Gasteiger partial charge in [-0.15, -0.1) is 0 Å². The number of fused-ring (bicyclic) bond motifs is 8. The maximum Gasteiger partial charge on any atom is 0.253 e. The maximum atomic E-state index is 5.52. The molecule has 5 aromatic carbocycles. The van der Waals surface area contributed by atoms with E-state index in [1.807, 2.05) is 0 Å². The highest BCUT2D eigenvalue weighted by molar-refractivity contribution is 7.03. The highest BCUT2D eigenvalue weighted by Crippen LogP contribution is 2.35. The third kappa shape index (κ3) is 3.43. The average molecular weight is 619 g/mol. The first kappa shape index (κ1) is 27.4. The van der Waals surface area contributed by atoms with Crippen molar-refractivity contribution in [1.29, 1.82) is 0 Å². The van der Waals surface area contributed by atoms with Crippen molar-refractivity contribution in [2.45, 2.75) is 67.0 Å². The van der Waals surface area contributed by atoms with Crippen LogP contribution in [0.25, 0.3) is 55.0 Å². The number of imidazole rings is 2. The van der Waals surface area contributed by atoms with Gasteiger partial charge in [0.25, 0.3) is 6.71 Å². The molecule has 0 unspecified atom stereocenters. The van der Waals surface area contributed by atoms with Gasteiger partial charge in [-0.2, -0.15) is 0 Å². The zero-order valence-corrected chi connectivity index (χ0v) is 30.1. The van der Waals surface area contributed by atoms with E-state index in [1.54, 1.807) is 0 Å². The highest BCUT2D eigenvalue weighted by atomic mass is 28.3. The summed E-state index contributed by atoms with van der Waals surface area (Å²) in [5, 5.41) is 5.29. The molecule has 0 saturated heterocycles. The van der Waals surface area contributed by atoms with Crippen LogP contribution in [0.5, 0.6) is 0 Å². The third-order valence-corrected chi connectivity index (χ3v) is 13.9. The lowest BCUT2D eigenvalue weighted by Crippen LogP contribution is -2.62. The van der Waals surface area contributed by atoms with Crippen LogP contribution in [0.15, 0.2) is 54.6 Å². The standard InChI is InChI=1S/C38H39BN4Si2/c1-20-14-24-18-28-35-32(26(24)16-22(20)3)39-33-27-17-23(4)21(2)15-25(27)19-29-36(33)43(38(41-29)45(8,9)10)31-13-11-12-30(34(31)39)42(35)37(40-28)44(5,6)7/h11-19H,1-10H3. The first-order valence-electron chi connectivity index (χ1n) is 16.3. The second-order valence-corrected chi connectivity index (χ2v) is 25.7. The molecule has 0 amide bonds. The quantitative estimate of drug-likeness (QED) is 0.218. The summed E-state index contributed by atoms with van der Waals surface area (Å²) < 4.78 is 5.16. The van der Waals surface area contributed by atoms with Crippen molar-refractivity contribution in [3.8, 4) is 11.4 Å². The molecule has 2 aliphatic rings. The third-order valence-electron chi connectivity index (χ3n) is 10.6. The van der Waals surface area contributed by atoms with Crippen LogP contribution in [-0.4, -0.2) is 42.0 Å². The molecule has 4 nitrogen and oxygen atoms in total. The molecule has 45 heavy (non-hydrogen) atoms. The summed E-state index contributed by atoms with van der Waals surface area (Å²) in [4.78, 5) is 11.0. The molecule has 0 N–H and O–H groups in total. The molecule has 2 aliphatic heterocycles. The van der Waals surface area contributed by atoms with Crippen molar-refractivity contribution >= 4 is 93.8 Å². The van der Waals surface area contributed by atoms with E-state index in [2.05, 4.69) is 131 Å². The van der Waals surface area contributed by atoms with Crippen LogP contribution in [-0.2, 0) is 0 Å². The molecule has 7 heteroatoms. The van der Waals surface area contributed by atoms with Crippen molar-refractivity contribution in [2.24, 2.45) is 0 Å². The molecule has 222 valence electrons. The van der Waals surface area contributed by atoms with E-state index in [4.69, 9.17) is 9.97 Å². The Morgan fingerprint density at radius 1 is 0.533 bits per heavy atom. The van der Waals surface area contributed by atoms with Gasteiger partial charge in [0.2, 0.25) is 0 Å². The number of benzene rings is 5. The molecule has 0 bridgehead atoms. The van der Waals surface area contributed by atoms with Gasteiger partial charge in [0.05, 0.1) is 33.0 Å². The molecule has 0 spiro atoms. The minimum absolute atomic E-state index is 0.0789. The second kappa shape index (κ2) is 8.45. The fraction of sp³-hybridized carbons (Fsp3) is 0.263. The Balaban J connectivity index is 1.60. The first-order valence-corrected chi connectivity index (χ1v) is 23.3. The number of aromatic nitrogens is 4. The molecular formula is C38H39BN4Si2. The summed E-state index contributed by atoms with van der Waals surface area (Å²) in [5.41, 5.74) is 19.5. The Bertz CT molecular complexity index is 2340. The zero-order valence-electron chi connectivity index (χ0n) is 28.1. The molecule has 0 fully saturated rings. The average Bonchev–Trinajstić information content (AvgIpc) is 3.54. The Labute approximate surface area is 267 Å². The molecule has 7 aromatic rings. The molecule has 0 atom stereocenters. The summed E-state index contributed by atoms with van der Waals surface area (Å²) in [5.74, 6) is 0. The molecule has 0 radical (unpaired) electrons. The SMILES string of the molecule is Cc1cc2cc3nc([Si](C)(C)C)n4c3c(c2cc1C)B1c2c-4cccc2-n2c([Si](C)(C)C)nc3cc4cc(C)c(C)cc4c1c32. The van der Waals surface area contributed by atoms with Gasteiger partial charge < -0.3 is 9.13 Å². The fourth-order valence-electron chi connectivity index (χ4n) is 8.24. The smallest absolute Gasteiger partial charge is 0.253 e. The summed E-state index contributed by atoms with van der Waals surface area (Å²) in [7, 11) is -3.67. The van der Waals surface area contributed by atoms with Crippen LogP contribution < -0.4 is 27.3 Å². The van der Waals surface area contributed by atoms with Crippen molar-refractivity contribution in [1.82, 2.24) is 19.1 Å². The predicted molar refractivity (Wildman–Crippen MR) is 200 cm³/mol. The summed E-state index contributed by atoms with van der Waals surface area (Å²) in [6.07, 6.45) is 0. The van der Waals surface area contributed by atoms with Crippen LogP contribution in [0.1, 0.15) is 22.3 Å². The van der Waals surface area contributed by atoms with Crippen molar-refractivity contribution in [3.05, 3.63) is 76.9 Å². The fourth-order valence-corrected chi connectivity index (χ4v) is 11.0. The van der Waals surface area contributed by atoms with E-state index in [0.717, 1.165) is 11.0 Å². The minimum Gasteiger partial charge on any atom is -0.301 e. The lowest BCUT2D eigenvalue weighted by molar-refractivity contribution is 1.10. The lowest BCUT2D eigenvalue weighted by Gasteiger charge is -2.36. The van der Waals surface area contributed by atoms with Crippen LogP contribution >= 0.6 is 0 Å². The van der Waals surface area contributed by atoms with E-state index in [0.29, 0.717) is 0 Å². The Kier molecular flexibility index (Phi) is 5.14. The Morgan fingerprint density at radius 3 is 1.33 bits per heavy atom. The van der Waals surface area contributed by atoms with Crippen molar-refractivity contribution in [2.75, 3.05) is 0 Å². The number of rotatable bonds is 2. The topological polar surface area (TPSA) is 35.6 Å². The van der Waals surface area contributed by atoms with Gasteiger partial charge in [-0.25, -0.2) is 9.97 Å². The number of hydrogen-bond acceptors (Lipinski definition) is 2. The molecule has 0 saturated carbocycles. The van der Waals surface area contributed by atoms with Gasteiger partial charge >= 0.3 is 0 Å². The molecule has 4 heterocycles. The van der Waals surface area contributed by atoms with Gasteiger partial charge in [0, 0.05) is 11.4 Å². The normalized spacial score (nSPS) is 14.0. The Morgan fingerprint density at radius 2 is 0.933 bits per heavy atom. The molecule has 0 aliphatic carbocycles. The van der Waals surface area contributed by atoms with Crippen LogP contribution in [0.3, 0.4) is 0 Å². The highest BCUT2D eigenvalue weighted by Gasteiger charge is 2.45. The monoisotopic (exact) mass is 618 g/mol. The lowest BCUT2D eigenvalue weighted by atomic mass is 9.33. The van der Waals surface area contributed by atoms with E-state index >= 15 is 0 Å². The minimum atomic E-state index is -1.83. The Hall–Kier alpha value is -3.94. The van der Waals surface area contributed by atoms with Crippen molar-refractivity contribution in [3.63, 3.8) is 0 Å². The van der Waals surface area contributed by atoms with E-state index in [-0.39, 0.29) is 6.71 Å². The van der Waals surface area contributed by atoms with E-state index in [9.17, 15) is 0 Å². The summed E-state index contributed by atoms with van der Waals surface area (Å²) in [6, 6.07) is 21.4. The van der Waals surface area contributed by atoms with Crippen molar-refractivity contribution < 1.29 is 0 Å². The largest absolute Gasteiger partial charge is 0.301 e.